The van der Waals surface area contributed by atoms with Crippen LogP contribution in [0.15, 0.2) is 53.4 Å². The number of rotatable bonds is 4. The van der Waals surface area contributed by atoms with E-state index in [1.54, 1.807) is 0 Å². The van der Waals surface area contributed by atoms with Gasteiger partial charge in [-0.25, -0.2) is 8.42 Å². The number of hydrogen-bond donors (Lipinski definition) is 1. The van der Waals surface area contributed by atoms with Crippen LogP contribution in [0.4, 0.5) is 11.4 Å². The molecule has 21 heavy (non-hydrogen) atoms. The zero-order valence-electron chi connectivity index (χ0n) is 10.6. The van der Waals surface area contributed by atoms with Gasteiger partial charge in [0.1, 0.15) is 0 Å². The van der Waals surface area contributed by atoms with Gasteiger partial charge in [-0.05, 0) is 36.4 Å². The Kier molecular flexibility index (Phi) is 3.86. The molecule has 2 aromatic rings. The molecule has 0 aromatic heterocycles. The van der Waals surface area contributed by atoms with Crippen molar-refractivity contribution in [2.24, 2.45) is 0 Å². The molecule has 0 bridgehead atoms. The van der Waals surface area contributed by atoms with Gasteiger partial charge in [0.15, 0.2) is 0 Å². The summed E-state index contributed by atoms with van der Waals surface area (Å²) in [5, 5.41) is 19.2. The second kappa shape index (κ2) is 5.60. The number of nitriles is 1. The predicted molar refractivity (Wildman–Crippen MR) is 75.1 cm³/mol. The minimum atomic E-state index is -3.83. The predicted octanol–water partition coefficient (Wildman–Crippen LogP) is 2.27. The second-order valence-corrected chi connectivity index (χ2v) is 5.73. The van der Waals surface area contributed by atoms with Crippen LogP contribution in [-0.2, 0) is 10.0 Å². The van der Waals surface area contributed by atoms with Crippen molar-refractivity contribution in [2.45, 2.75) is 4.90 Å². The molecule has 0 fully saturated rings. The van der Waals surface area contributed by atoms with Crippen LogP contribution >= 0.6 is 0 Å². The molecule has 0 saturated carbocycles. The number of nitro benzene ring substituents is 1. The summed E-state index contributed by atoms with van der Waals surface area (Å²) < 4.78 is 26.5. The van der Waals surface area contributed by atoms with E-state index in [0.29, 0.717) is 11.3 Å². The van der Waals surface area contributed by atoms with E-state index in [9.17, 15) is 18.5 Å². The quantitative estimate of drug-likeness (QED) is 0.687. The van der Waals surface area contributed by atoms with Crippen LogP contribution in [-0.4, -0.2) is 13.3 Å². The van der Waals surface area contributed by atoms with Crippen molar-refractivity contribution in [3.05, 3.63) is 64.2 Å². The molecule has 0 spiro atoms. The summed E-state index contributed by atoms with van der Waals surface area (Å²) in [7, 11) is -3.83. The normalized spacial score (nSPS) is 10.6. The average Bonchev–Trinajstić information content (AvgIpc) is 2.48. The topological polar surface area (TPSA) is 113 Å². The van der Waals surface area contributed by atoms with Crippen molar-refractivity contribution in [3.63, 3.8) is 0 Å². The zero-order valence-corrected chi connectivity index (χ0v) is 11.4. The maximum absolute atomic E-state index is 12.1. The molecule has 8 heteroatoms. The molecule has 0 aliphatic rings. The molecular formula is C13H9N3O4S. The smallest absolute Gasteiger partial charge is 0.269 e. The number of nitrogens with one attached hydrogen (secondary N) is 1. The van der Waals surface area contributed by atoms with E-state index in [1.807, 2.05) is 6.07 Å². The summed E-state index contributed by atoms with van der Waals surface area (Å²) in [5.41, 5.74) is 0.521. The number of non-ortho nitro benzene ring substituents is 1. The molecule has 0 amide bonds. The fourth-order valence-corrected chi connectivity index (χ4v) is 2.63. The number of sulfonamides is 1. The van der Waals surface area contributed by atoms with E-state index >= 15 is 0 Å². The summed E-state index contributed by atoms with van der Waals surface area (Å²) in [6.45, 7) is 0. The standard InChI is InChI=1S/C13H9N3O4S/c14-9-10-1-3-11(4-2-10)15-21(19,20)13-7-5-12(6-8-13)16(17)18/h1-8,15H. The van der Waals surface area contributed by atoms with Gasteiger partial charge < -0.3 is 0 Å². The third kappa shape index (κ3) is 3.34. The summed E-state index contributed by atoms with van der Waals surface area (Å²) in [4.78, 5) is 9.84. The highest BCUT2D eigenvalue weighted by Crippen LogP contribution is 2.19. The molecule has 0 radical (unpaired) electrons. The van der Waals surface area contributed by atoms with Crippen LogP contribution < -0.4 is 4.72 Å². The minimum Gasteiger partial charge on any atom is -0.280 e. The summed E-state index contributed by atoms with van der Waals surface area (Å²) in [6.07, 6.45) is 0. The molecule has 2 aromatic carbocycles. The maximum atomic E-state index is 12.1. The summed E-state index contributed by atoms with van der Waals surface area (Å²) in [5.74, 6) is 0. The van der Waals surface area contributed by atoms with E-state index in [-0.39, 0.29) is 10.6 Å². The van der Waals surface area contributed by atoms with Crippen LogP contribution in [0.1, 0.15) is 5.56 Å². The number of nitro groups is 1. The first kappa shape index (κ1) is 14.5. The molecule has 106 valence electrons. The summed E-state index contributed by atoms with van der Waals surface area (Å²) in [6, 6.07) is 12.4. The van der Waals surface area contributed by atoms with Crippen LogP contribution in [0.2, 0.25) is 0 Å². The SMILES string of the molecule is N#Cc1ccc(NS(=O)(=O)c2ccc([N+](=O)[O-])cc2)cc1. The number of anilines is 1. The molecule has 0 atom stereocenters. The Hall–Kier alpha value is -2.92. The summed E-state index contributed by atoms with van der Waals surface area (Å²) >= 11 is 0. The van der Waals surface area contributed by atoms with E-state index in [4.69, 9.17) is 5.26 Å². The molecule has 0 aliphatic carbocycles. The lowest BCUT2D eigenvalue weighted by Crippen LogP contribution is -2.12. The number of hydrogen-bond acceptors (Lipinski definition) is 5. The fraction of sp³-hybridized carbons (Fsp3) is 0. The van der Waals surface area contributed by atoms with Crippen LogP contribution in [0, 0.1) is 21.4 Å². The van der Waals surface area contributed by atoms with Crippen molar-refractivity contribution in [1.29, 1.82) is 5.26 Å². The van der Waals surface area contributed by atoms with E-state index in [1.165, 1.54) is 24.3 Å². The molecule has 2 rings (SSSR count). The Morgan fingerprint density at radius 3 is 2.10 bits per heavy atom. The van der Waals surface area contributed by atoms with Crippen LogP contribution in [0.5, 0.6) is 0 Å². The molecule has 7 nitrogen and oxygen atoms in total. The van der Waals surface area contributed by atoms with Gasteiger partial charge in [0.05, 0.1) is 21.5 Å². The van der Waals surface area contributed by atoms with Crippen molar-refractivity contribution < 1.29 is 13.3 Å². The fourth-order valence-electron chi connectivity index (χ4n) is 1.57. The molecule has 1 N–H and O–H groups in total. The maximum Gasteiger partial charge on any atom is 0.269 e. The Labute approximate surface area is 120 Å². The lowest BCUT2D eigenvalue weighted by Gasteiger charge is -2.07. The number of benzene rings is 2. The molecule has 0 heterocycles. The lowest BCUT2D eigenvalue weighted by molar-refractivity contribution is -0.384. The first-order chi connectivity index (χ1) is 9.92. The minimum absolute atomic E-state index is 0.0857. The number of nitrogens with zero attached hydrogens (tertiary/aromatic N) is 2. The monoisotopic (exact) mass is 303 g/mol. The van der Waals surface area contributed by atoms with Gasteiger partial charge in [-0.3, -0.25) is 14.8 Å². The first-order valence-electron chi connectivity index (χ1n) is 5.70. The van der Waals surface area contributed by atoms with Crippen molar-refractivity contribution in [2.75, 3.05) is 4.72 Å². The van der Waals surface area contributed by atoms with Crippen LogP contribution in [0.25, 0.3) is 0 Å². The van der Waals surface area contributed by atoms with Gasteiger partial charge in [-0.2, -0.15) is 5.26 Å². The van der Waals surface area contributed by atoms with Crippen molar-refractivity contribution in [1.82, 2.24) is 0 Å². The molecule has 0 unspecified atom stereocenters. The molecule has 0 saturated heterocycles. The van der Waals surface area contributed by atoms with Gasteiger partial charge in [-0.15, -0.1) is 0 Å². The Balaban J connectivity index is 2.25. The third-order valence-electron chi connectivity index (χ3n) is 2.62. The highest BCUT2D eigenvalue weighted by molar-refractivity contribution is 7.92. The Bertz CT molecular complexity index is 806. The van der Waals surface area contributed by atoms with Gasteiger partial charge >= 0.3 is 0 Å². The average molecular weight is 303 g/mol. The Morgan fingerprint density at radius 1 is 1.05 bits per heavy atom. The largest absolute Gasteiger partial charge is 0.280 e. The first-order valence-corrected chi connectivity index (χ1v) is 7.18. The van der Waals surface area contributed by atoms with Gasteiger partial charge in [0, 0.05) is 17.8 Å². The lowest BCUT2D eigenvalue weighted by atomic mass is 10.2. The van der Waals surface area contributed by atoms with Crippen molar-refractivity contribution in [3.8, 4) is 6.07 Å². The molecular weight excluding hydrogens is 294 g/mol. The third-order valence-corrected chi connectivity index (χ3v) is 4.02. The van der Waals surface area contributed by atoms with E-state index in [2.05, 4.69) is 4.72 Å². The van der Waals surface area contributed by atoms with Crippen LogP contribution in [0.3, 0.4) is 0 Å². The molecule has 0 aliphatic heterocycles. The van der Waals surface area contributed by atoms with Gasteiger partial charge in [0.25, 0.3) is 15.7 Å². The van der Waals surface area contributed by atoms with Gasteiger partial charge in [-0.1, -0.05) is 0 Å². The van der Waals surface area contributed by atoms with Crippen molar-refractivity contribution >= 4 is 21.4 Å². The van der Waals surface area contributed by atoms with E-state index in [0.717, 1.165) is 24.3 Å². The van der Waals surface area contributed by atoms with E-state index < -0.39 is 14.9 Å². The zero-order chi connectivity index (χ0) is 15.5. The Morgan fingerprint density at radius 2 is 1.62 bits per heavy atom. The highest BCUT2D eigenvalue weighted by atomic mass is 32.2. The highest BCUT2D eigenvalue weighted by Gasteiger charge is 2.15. The second-order valence-electron chi connectivity index (χ2n) is 4.05. The van der Waals surface area contributed by atoms with Gasteiger partial charge in [0.2, 0.25) is 0 Å².